The Morgan fingerprint density at radius 2 is 2.14 bits per heavy atom. The van der Waals surface area contributed by atoms with Gasteiger partial charge in [0.1, 0.15) is 0 Å². The third-order valence-electron chi connectivity index (χ3n) is 2.85. The number of carbonyl (C=O) groups excluding carboxylic acids is 1. The topological polar surface area (TPSA) is 93.4 Å². The fourth-order valence-corrected chi connectivity index (χ4v) is 2.48. The van der Waals surface area contributed by atoms with Gasteiger partial charge in [0.05, 0.1) is 24.1 Å². The van der Waals surface area contributed by atoms with Crippen molar-refractivity contribution in [2.24, 2.45) is 5.92 Å². The first kappa shape index (κ1) is 17.9. The van der Waals surface area contributed by atoms with E-state index in [0.717, 1.165) is 4.90 Å². The van der Waals surface area contributed by atoms with Crippen molar-refractivity contribution in [3.63, 3.8) is 0 Å². The summed E-state index contributed by atoms with van der Waals surface area (Å²) < 4.78 is 0. The molecule has 1 unspecified atom stereocenters. The molecular weight excluding hydrogens is 302 g/mol. The first-order chi connectivity index (χ1) is 10.4. The molecule has 0 fully saturated rings. The molecule has 0 saturated heterocycles. The Kier molecular flexibility index (Phi) is 7.26. The Morgan fingerprint density at radius 1 is 1.45 bits per heavy atom. The van der Waals surface area contributed by atoms with Crippen molar-refractivity contribution in [1.82, 2.24) is 4.90 Å². The van der Waals surface area contributed by atoms with E-state index >= 15 is 0 Å². The maximum Gasteiger partial charge on any atom is 0.321 e. The number of thioether (sulfide) groups is 1. The minimum atomic E-state index is -0.943. The molecule has 118 valence electrons. The van der Waals surface area contributed by atoms with Crippen molar-refractivity contribution in [3.05, 3.63) is 24.3 Å². The number of benzene rings is 1. The molecule has 22 heavy (non-hydrogen) atoms. The van der Waals surface area contributed by atoms with Gasteiger partial charge in [-0.05, 0) is 19.1 Å². The lowest BCUT2D eigenvalue weighted by molar-refractivity contribution is -0.137. The Morgan fingerprint density at radius 3 is 2.77 bits per heavy atom. The van der Waals surface area contributed by atoms with Gasteiger partial charge in [0.2, 0.25) is 0 Å². The van der Waals surface area contributed by atoms with Gasteiger partial charge in [0, 0.05) is 24.2 Å². The van der Waals surface area contributed by atoms with E-state index in [1.807, 2.05) is 25.1 Å². The lowest BCUT2D eigenvalue weighted by Crippen LogP contribution is -2.33. The number of anilines is 1. The number of nitrogens with one attached hydrogen (secondary N) is 1. The highest BCUT2D eigenvalue weighted by atomic mass is 32.2. The van der Waals surface area contributed by atoms with Crippen molar-refractivity contribution >= 4 is 29.4 Å². The number of nitrogens with zero attached hydrogens (tertiary/aromatic N) is 2. The van der Waals surface area contributed by atoms with Gasteiger partial charge in [0.25, 0.3) is 0 Å². The van der Waals surface area contributed by atoms with Crippen molar-refractivity contribution < 1.29 is 14.7 Å². The van der Waals surface area contributed by atoms with E-state index in [1.165, 1.54) is 16.7 Å². The second-order valence-corrected chi connectivity index (χ2v) is 5.89. The molecule has 2 amide bonds. The molecule has 0 saturated carbocycles. The van der Waals surface area contributed by atoms with Crippen molar-refractivity contribution in [2.75, 3.05) is 24.7 Å². The molecular formula is C15H19N3O3S. The van der Waals surface area contributed by atoms with Crippen LogP contribution in [-0.4, -0.2) is 41.4 Å². The number of hydrogen-bond acceptors (Lipinski definition) is 4. The molecule has 2 N–H and O–H groups in total. The van der Waals surface area contributed by atoms with E-state index in [2.05, 4.69) is 11.4 Å². The van der Waals surface area contributed by atoms with Crippen LogP contribution in [0.5, 0.6) is 0 Å². The van der Waals surface area contributed by atoms with Crippen LogP contribution in [0.4, 0.5) is 10.5 Å². The summed E-state index contributed by atoms with van der Waals surface area (Å²) in [5.41, 5.74) is 0.657. The number of nitriles is 1. The molecule has 1 atom stereocenters. The number of aliphatic carboxylic acids is 1. The quantitative estimate of drug-likeness (QED) is 0.753. The number of carbonyl (C=O) groups is 2. The average molecular weight is 321 g/mol. The summed E-state index contributed by atoms with van der Waals surface area (Å²) >= 11 is 1.50. The van der Waals surface area contributed by atoms with Crippen LogP contribution in [0.3, 0.4) is 0 Å². The van der Waals surface area contributed by atoms with E-state index in [4.69, 9.17) is 10.4 Å². The third kappa shape index (κ3) is 6.06. The minimum Gasteiger partial charge on any atom is -0.481 e. The molecule has 0 radical (unpaired) electrons. The monoisotopic (exact) mass is 321 g/mol. The van der Waals surface area contributed by atoms with Gasteiger partial charge in [-0.2, -0.15) is 5.26 Å². The summed E-state index contributed by atoms with van der Waals surface area (Å²) in [6.07, 6.45) is -0.0972. The van der Waals surface area contributed by atoms with Crippen molar-refractivity contribution in [3.8, 4) is 6.07 Å². The molecule has 1 rings (SSSR count). The SMILES string of the molecule is CC(C#N)CSc1ccccc1NC(=O)N(C)CCC(=O)O. The zero-order valence-electron chi connectivity index (χ0n) is 12.6. The highest BCUT2D eigenvalue weighted by Gasteiger charge is 2.13. The lowest BCUT2D eigenvalue weighted by Gasteiger charge is -2.18. The van der Waals surface area contributed by atoms with Gasteiger partial charge < -0.3 is 15.3 Å². The molecule has 0 aliphatic carbocycles. The summed E-state index contributed by atoms with van der Waals surface area (Å²) in [4.78, 5) is 24.8. The number of amides is 2. The van der Waals surface area contributed by atoms with E-state index in [-0.39, 0.29) is 24.9 Å². The summed E-state index contributed by atoms with van der Waals surface area (Å²) in [6, 6.07) is 9.14. The molecule has 0 bridgehead atoms. The van der Waals surface area contributed by atoms with Gasteiger partial charge >= 0.3 is 12.0 Å². The van der Waals surface area contributed by atoms with E-state index in [0.29, 0.717) is 11.4 Å². The summed E-state index contributed by atoms with van der Waals surface area (Å²) in [5.74, 6) is -0.383. The first-order valence-corrected chi connectivity index (χ1v) is 7.78. The maximum atomic E-state index is 12.0. The second kappa shape index (κ2) is 8.95. The molecule has 1 aromatic rings. The van der Waals surface area contributed by atoms with Crippen LogP contribution in [0.2, 0.25) is 0 Å². The van der Waals surface area contributed by atoms with Crippen LogP contribution in [0.25, 0.3) is 0 Å². The van der Waals surface area contributed by atoms with Gasteiger partial charge in [-0.15, -0.1) is 11.8 Å². The fourth-order valence-electron chi connectivity index (χ4n) is 1.52. The van der Waals surface area contributed by atoms with Crippen LogP contribution in [0.1, 0.15) is 13.3 Å². The number of para-hydroxylation sites is 1. The Bertz CT molecular complexity index is 571. The van der Waals surface area contributed by atoms with Gasteiger partial charge in [-0.1, -0.05) is 12.1 Å². The van der Waals surface area contributed by atoms with Gasteiger partial charge in [0.15, 0.2) is 0 Å². The predicted octanol–water partition coefficient (Wildman–Crippen LogP) is 2.88. The Hall–Kier alpha value is -2.20. The largest absolute Gasteiger partial charge is 0.481 e. The van der Waals surface area contributed by atoms with Crippen LogP contribution in [0.15, 0.2) is 29.2 Å². The van der Waals surface area contributed by atoms with Gasteiger partial charge in [-0.3, -0.25) is 4.79 Å². The number of carboxylic acid groups (broad SMARTS) is 1. The third-order valence-corrected chi connectivity index (χ3v) is 4.18. The average Bonchev–Trinajstić information content (AvgIpc) is 2.51. The smallest absolute Gasteiger partial charge is 0.321 e. The highest BCUT2D eigenvalue weighted by molar-refractivity contribution is 7.99. The van der Waals surface area contributed by atoms with Crippen LogP contribution >= 0.6 is 11.8 Å². The van der Waals surface area contributed by atoms with Crippen LogP contribution in [0, 0.1) is 17.2 Å². The number of urea groups is 1. The standard InChI is InChI=1S/C15H19N3O3S/c1-11(9-16)10-22-13-6-4-3-5-12(13)17-15(21)18(2)8-7-14(19)20/h3-6,11H,7-8,10H2,1-2H3,(H,17,21)(H,19,20). The normalized spacial score (nSPS) is 11.3. The molecule has 7 heteroatoms. The maximum absolute atomic E-state index is 12.0. The Labute approximate surface area is 134 Å². The molecule has 0 aliphatic rings. The van der Waals surface area contributed by atoms with E-state index in [9.17, 15) is 9.59 Å². The fraction of sp³-hybridized carbons (Fsp3) is 0.400. The number of rotatable bonds is 7. The number of carboxylic acids is 1. The Balaban J connectivity index is 2.66. The lowest BCUT2D eigenvalue weighted by atomic mass is 10.3. The van der Waals surface area contributed by atoms with Crippen molar-refractivity contribution in [1.29, 1.82) is 5.26 Å². The van der Waals surface area contributed by atoms with Crippen molar-refractivity contribution in [2.45, 2.75) is 18.2 Å². The number of hydrogen-bond donors (Lipinski definition) is 2. The summed E-state index contributed by atoms with van der Waals surface area (Å²) in [6.45, 7) is 1.98. The zero-order valence-corrected chi connectivity index (χ0v) is 13.4. The van der Waals surface area contributed by atoms with E-state index in [1.54, 1.807) is 13.1 Å². The zero-order chi connectivity index (χ0) is 16.5. The first-order valence-electron chi connectivity index (χ1n) is 6.79. The summed E-state index contributed by atoms with van der Waals surface area (Å²) in [7, 11) is 1.55. The molecule has 0 heterocycles. The molecule has 0 spiro atoms. The van der Waals surface area contributed by atoms with Crippen LogP contribution < -0.4 is 5.32 Å². The highest BCUT2D eigenvalue weighted by Crippen LogP contribution is 2.28. The molecule has 1 aromatic carbocycles. The van der Waals surface area contributed by atoms with Gasteiger partial charge in [-0.25, -0.2) is 4.79 Å². The minimum absolute atomic E-state index is 0.0769. The second-order valence-electron chi connectivity index (χ2n) is 4.83. The molecule has 0 aromatic heterocycles. The molecule has 0 aliphatic heterocycles. The van der Waals surface area contributed by atoms with E-state index < -0.39 is 5.97 Å². The summed E-state index contributed by atoms with van der Waals surface area (Å²) in [5, 5.41) is 20.2. The predicted molar refractivity (Wildman–Crippen MR) is 85.8 cm³/mol. The van der Waals surface area contributed by atoms with Crippen LogP contribution in [-0.2, 0) is 4.79 Å². The molecule has 6 nitrogen and oxygen atoms in total.